The number of aromatic nitrogens is 1. The Kier molecular flexibility index (Phi) is 5.52. The van der Waals surface area contributed by atoms with Crippen LogP contribution in [-0.2, 0) is 6.54 Å². The second-order valence-corrected chi connectivity index (χ2v) is 7.69. The molecule has 0 unspecified atom stereocenters. The van der Waals surface area contributed by atoms with Crippen molar-refractivity contribution in [1.82, 2.24) is 10.3 Å². The van der Waals surface area contributed by atoms with E-state index in [4.69, 9.17) is 28.2 Å². The molecule has 0 radical (unpaired) electrons. The molecule has 0 fully saturated rings. The lowest BCUT2D eigenvalue weighted by molar-refractivity contribution is 0.0952. The van der Waals surface area contributed by atoms with Gasteiger partial charge in [-0.25, -0.2) is 4.98 Å². The van der Waals surface area contributed by atoms with Crippen LogP contribution in [0.3, 0.4) is 0 Å². The molecule has 3 aromatic carbocycles. The second-order valence-electron chi connectivity index (χ2n) is 6.87. The number of hydrogen-bond acceptors (Lipinski definition) is 2. The largest absolute Gasteiger partial charge is 0.348 e. The van der Waals surface area contributed by atoms with Crippen molar-refractivity contribution in [1.29, 1.82) is 0 Å². The number of nitrogens with one attached hydrogen (secondary N) is 1. The van der Waals surface area contributed by atoms with Crippen molar-refractivity contribution in [2.45, 2.75) is 13.5 Å². The molecular formula is C24H18Cl2N2O. The number of carbonyl (C=O) groups is 1. The first-order valence-electron chi connectivity index (χ1n) is 9.20. The van der Waals surface area contributed by atoms with Crippen molar-refractivity contribution < 1.29 is 4.79 Å². The number of carbonyl (C=O) groups excluding carboxylic acids is 1. The molecule has 29 heavy (non-hydrogen) atoms. The molecule has 3 nitrogen and oxygen atoms in total. The van der Waals surface area contributed by atoms with Crippen molar-refractivity contribution in [3.8, 4) is 11.3 Å². The van der Waals surface area contributed by atoms with Crippen LogP contribution in [0, 0.1) is 6.92 Å². The van der Waals surface area contributed by atoms with Crippen LogP contribution in [0.15, 0.2) is 72.8 Å². The summed E-state index contributed by atoms with van der Waals surface area (Å²) in [5.41, 5.74) is 5.15. The van der Waals surface area contributed by atoms with Crippen LogP contribution in [0.5, 0.6) is 0 Å². The van der Waals surface area contributed by atoms with E-state index in [1.807, 2.05) is 61.5 Å². The van der Waals surface area contributed by atoms with Gasteiger partial charge in [0.05, 0.1) is 26.8 Å². The Bertz CT molecular complexity index is 1220. The number of hydrogen-bond donors (Lipinski definition) is 1. The molecule has 0 aliphatic carbocycles. The summed E-state index contributed by atoms with van der Waals surface area (Å²) < 4.78 is 0. The predicted octanol–water partition coefficient (Wildman–Crippen LogP) is 6.45. The van der Waals surface area contributed by atoms with Gasteiger partial charge in [-0.1, -0.05) is 71.2 Å². The van der Waals surface area contributed by atoms with Crippen LogP contribution in [0.4, 0.5) is 0 Å². The van der Waals surface area contributed by atoms with Gasteiger partial charge in [-0.3, -0.25) is 4.79 Å². The predicted molar refractivity (Wildman–Crippen MR) is 120 cm³/mol. The van der Waals surface area contributed by atoms with Crippen molar-refractivity contribution in [3.05, 3.63) is 99.5 Å². The van der Waals surface area contributed by atoms with Gasteiger partial charge in [0.15, 0.2) is 0 Å². The Labute approximate surface area is 179 Å². The molecule has 0 aliphatic heterocycles. The fourth-order valence-electron chi connectivity index (χ4n) is 3.24. The maximum Gasteiger partial charge on any atom is 0.252 e. The monoisotopic (exact) mass is 420 g/mol. The van der Waals surface area contributed by atoms with Crippen LogP contribution in [0.2, 0.25) is 10.0 Å². The zero-order chi connectivity index (χ0) is 20.4. The maximum atomic E-state index is 13.0. The quantitative estimate of drug-likeness (QED) is 0.412. The third-order valence-corrected chi connectivity index (χ3v) is 5.45. The Morgan fingerprint density at radius 3 is 2.55 bits per heavy atom. The molecule has 4 rings (SSSR count). The molecule has 0 saturated carbocycles. The SMILES string of the molecule is Cc1cccc(-c2cc(C(=O)NCc3ccc(Cl)c(Cl)c3)c3ccccc3n2)c1. The van der Waals surface area contributed by atoms with Gasteiger partial charge in [0.25, 0.3) is 5.91 Å². The van der Waals surface area contributed by atoms with Crippen molar-refractivity contribution in [2.24, 2.45) is 0 Å². The number of nitrogens with zero attached hydrogens (tertiary/aromatic N) is 1. The van der Waals surface area contributed by atoms with Crippen LogP contribution in [0.25, 0.3) is 22.2 Å². The Morgan fingerprint density at radius 1 is 0.931 bits per heavy atom. The number of benzene rings is 3. The van der Waals surface area contributed by atoms with Crippen LogP contribution in [0.1, 0.15) is 21.5 Å². The number of fused-ring (bicyclic) bond motifs is 1. The van der Waals surface area contributed by atoms with Gasteiger partial charge in [-0.2, -0.15) is 0 Å². The molecule has 1 heterocycles. The lowest BCUT2D eigenvalue weighted by atomic mass is 10.0. The summed E-state index contributed by atoms with van der Waals surface area (Å²) in [6.45, 7) is 2.39. The third kappa shape index (κ3) is 4.26. The Morgan fingerprint density at radius 2 is 1.76 bits per heavy atom. The number of aryl methyl sites for hydroxylation is 1. The van der Waals surface area contributed by atoms with E-state index in [1.54, 1.807) is 12.1 Å². The maximum absolute atomic E-state index is 13.0. The highest BCUT2D eigenvalue weighted by Crippen LogP contribution is 2.26. The molecule has 0 aliphatic rings. The molecule has 0 atom stereocenters. The van der Waals surface area contributed by atoms with E-state index in [9.17, 15) is 4.79 Å². The van der Waals surface area contributed by atoms with E-state index in [0.717, 1.165) is 33.3 Å². The summed E-state index contributed by atoms with van der Waals surface area (Å²) in [5.74, 6) is -0.163. The summed E-state index contributed by atoms with van der Waals surface area (Å²) in [7, 11) is 0. The lowest BCUT2D eigenvalue weighted by Crippen LogP contribution is -2.23. The van der Waals surface area contributed by atoms with Gasteiger partial charge in [-0.15, -0.1) is 0 Å². The first-order valence-corrected chi connectivity index (χ1v) is 9.96. The summed E-state index contributed by atoms with van der Waals surface area (Å²) >= 11 is 12.0. The number of pyridine rings is 1. The fraction of sp³-hybridized carbons (Fsp3) is 0.0833. The Balaban J connectivity index is 1.69. The van der Waals surface area contributed by atoms with Crippen molar-refractivity contribution >= 4 is 40.0 Å². The fourth-order valence-corrected chi connectivity index (χ4v) is 3.56. The smallest absolute Gasteiger partial charge is 0.252 e. The highest BCUT2D eigenvalue weighted by Gasteiger charge is 2.14. The summed E-state index contributed by atoms with van der Waals surface area (Å²) in [6, 6.07) is 22.9. The van der Waals surface area contributed by atoms with E-state index < -0.39 is 0 Å². The molecule has 0 spiro atoms. The van der Waals surface area contributed by atoms with Crippen molar-refractivity contribution in [2.75, 3.05) is 0 Å². The topological polar surface area (TPSA) is 42.0 Å². The summed E-state index contributed by atoms with van der Waals surface area (Å²) in [5, 5.41) is 4.75. The summed E-state index contributed by atoms with van der Waals surface area (Å²) in [6.07, 6.45) is 0. The number of halogens is 2. The van der Waals surface area contributed by atoms with Crippen LogP contribution < -0.4 is 5.32 Å². The van der Waals surface area contributed by atoms with Crippen LogP contribution in [-0.4, -0.2) is 10.9 Å². The molecule has 1 N–H and O–H groups in total. The van der Waals surface area contributed by atoms with E-state index in [2.05, 4.69) is 11.4 Å². The van der Waals surface area contributed by atoms with Gasteiger partial charge in [-0.05, 0) is 42.8 Å². The molecule has 0 saturated heterocycles. The minimum Gasteiger partial charge on any atom is -0.348 e. The summed E-state index contributed by atoms with van der Waals surface area (Å²) in [4.78, 5) is 17.8. The highest BCUT2D eigenvalue weighted by molar-refractivity contribution is 6.42. The zero-order valence-corrected chi connectivity index (χ0v) is 17.3. The average molecular weight is 421 g/mol. The average Bonchev–Trinajstić information content (AvgIpc) is 2.73. The minimum absolute atomic E-state index is 0.163. The second kappa shape index (κ2) is 8.24. The standard InChI is InChI=1S/C24H18Cl2N2O/c1-15-5-4-6-17(11-15)23-13-19(18-7-2-3-8-22(18)28-23)24(29)27-14-16-9-10-20(25)21(26)12-16/h2-13H,14H2,1H3,(H,27,29). The normalized spacial score (nSPS) is 10.9. The van der Waals surface area contributed by atoms with Gasteiger partial charge >= 0.3 is 0 Å². The highest BCUT2D eigenvalue weighted by atomic mass is 35.5. The van der Waals surface area contributed by atoms with Crippen molar-refractivity contribution in [3.63, 3.8) is 0 Å². The first-order chi connectivity index (χ1) is 14.0. The Hall–Kier alpha value is -2.88. The number of amides is 1. The van der Waals surface area contributed by atoms with E-state index in [1.165, 1.54) is 0 Å². The molecule has 1 amide bonds. The van der Waals surface area contributed by atoms with E-state index in [0.29, 0.717) is 22.2 Å². The molecule has 1 aromatic heterocycles. The minimum atomic E-state index is -0.163. The van der Waals surface area contributed by atoms with E-state index in [-0.39, 0.29) is 5.91 Å². The molecular weight excluding hydrogens is 403 g/mol. The lowest BCUT2D eigenvalue weighted by Gasteiger charge is -2.11. The molecule has 0 bridgehead atoms. The zero-order valence-electron chi connectivity index (χ0n) is 15.7. The number of rotatable bonds is 4. The molecule has 144 valence electrons. The first kappa shape index (κ1) is 19.4. The van der Waals surface area contributed by atoms with Gasteiger partial charge in [0.2, 0.25) is 0 Å². The van der Waals surface area contributed by atoms with E-state index >= 15 is 0 Å². The van der Waals surface area contributed by atoms with Gasteiger partial charge in [0, 0.05) is 17.5 Å². The molecule has 5 heteroatoms. The van der Waals surface area contributed by atoms with Gasteiger partial charge < -0.3 is 5.32 Å². The molecule has 4 aromatic rings. The van der Waals surface area contributed by atoms with Gasteiger partial charge in [0.1, 0.15) is 0 Å². The van der Waals surface area contributed by atoms with Crippen LogP contribution >= 0.6 is 23.2 Å². The number of para-hydroxylation sites is 1. The third-order valence-electron chi connectivity index (χ3n) is 4.71.